The number of thioether (sulfide) groups is 1. The van der Waals surface area contributed by atoms with Crippen molar-refractivity contribution in [1.29, 1.82) is 0 Å². The van der Waals surface area contributed by atoms with Crippen LogP contribution in [0.3, 0.4) is 0 Å². The van der Waals surface area contributed by atoms with Crippen LogP contribution in [0, 0.1) is 0 Å². The second-order valence-electron chi connectivity index (χ2n) is 5.89. The molecule has 1 fully saturated rings. The van der Waals surface area contributed by atoms with Crippen LogP contribution in [-0.4, -0.2) is 35.2 Å². The highest BCUT2D eigenvalue weighted by Crippen LogP contribution is 2.43. The smallest absolute Gasteiger partial charge is 0.324 e. The maximum Gasteiger partial charge on any atom is 0.416 e. The summed E-state index contributed by atoms with van der Waals surface area (Å²) in [6.07, 6.45) is -4.34. The third-order valence-corrected chi connectivity index (χ3v) is 5.07. The molecule has 1 saturated heterocycles. The molecule has 0 bridgehead atoms. The standard InChI is InChI=1S/C16H21F3N2OS/c1-10(2)20-8-9-21-14(22)11(3)23-15(21)12-4-6-13(7-5-12)16(17,18)19/h4-7,10-11,15,20H,8-9H2,1-3H3/t11-,15+/m0/s1. The molecular formula is C16H21F3N2OS. The summed E-state index contributed by atoms with van der Waals surface area (Å²) in [5.41, 5.74) is 0.0573. The second kappa shape index (κ2) is 7.13. The van der Waals surface area contributed by atoms with E-state index >= 15 is 0 Å². The number of hydrogen-bond acceptors (Lipinski definition) is 3. The molecule has 2 rings (SSSR count). The van der Waals surface area contributed by atoms with Gasteiger partial charge in [0.2, 0.25) is 5.91 Å². The van der Waals surface area contributed by atoms with Gasteiger partial charge >= 0.3 is 6.18 Å². The number of hydrogen-bond donors (Lipinski definition) is 1. The van der Waals surface area contributed by atoms with E-state index in [4.69, 9.17) is 0 Å². The van der Waals surface area contributed by atoms with Gasteiger partial charge in [-0.2, -0.15) is 13.2 Å². The minimum Gasteiger partial charge on any atom is -0.324 e. The van der Waals surface area contributed by atoms with E-state index in [1.54, 1.807) is 4.90 Å². The van der Waals surface area contributed by atoms with E-state index in [0.29, 0.717) is 19.1 Å². The minimum absolute atomic E-state index is 0.0328. The molecule has 7 heteroatoms. The Kier molecular flexibility index (Phi) is 5.62. The molecule has 1 aliphatic heterocycles. The molecule has 3 nitrogen and oxygen atoms in total. The summed E-state index contributed by atoms with van der Waals surface area (Å²) >= 11 is 1.47. The van der Waals surface area contributed by atoms with E-state index in [2.05, 4.69) is 5.32 Å². The Bertz CT molecular complexity index is 545. The highest BCUT2D eigenvalue weighted by molar-refractivity contribution is 8.01. The van der Waals surface area contributed by atoms with Gasteiger partial charge in [-0.3, -0.25) is 4.79 Å². The lowest BCUT2D eigenvalue weighted by Crippen LogP contribution is -2.38. The maximum atomic E-state index is 12.7. The van der Waals surface area contributed by atoms with Crippen LogP contribution in [0.15, 0.2) is 24.3 Å². The minimum atomic E-state index is -4.34. The van der Waals surface area contributed by atoms with Gasteiger partial charge in [0.15, 0.2) is 0 Å². The number of carbonyl (C=O) groups excluding carboxylic acids is 1. The lowest BCUT2D eigenvalue weighted by Gasteiger charge is -2.25. The molecule has 128 valence electrons. The maximum absolute atomic E-state index is 12.7. The van der Waals surface area contributed by atoms with Crippen LogP contribution in [0.5, 0.6) is 0 Å². The normalized spacial score (nSPS) is 22.2. The van der Waals surface area contributed by atoms with Crippen LogP contribution >= 0.6 is 11.8 Å². The van der Waals surface area contributed by atoms with E-state index < -0.39 is 11.7 Å². The Balaban J connectivity index is 2.13. The van der Waals surface area contributed by atoms with E-state index in [0.717, 1.165) is 17.7 Å². The summed E-state index contributed by atoms with van der Waals surface area (Å²) < 4.78 is 38.0. The molecule has 1 aliphatic rings. The van der Waals surface area contributed by atoms with Crippen LogP contribution in [-0.2, 0) is 11.0 Å². The Labute approximate surface area is 138 Å². The Hall–Kier alpha value is -1.21. The average molecular weight is 346 g/mol. The predicted molar refractivity (Wildman–Crippen MR) is 86.1 cm³/mol. The zero-order valence-corrected chi connectivity index (χ0v) is 14.2. The van der Waals surface area contributed by atoms with E-state index in [1.165, 1.54) is 23.9 Å². The Morgan fingerprint density at radius 2 is 1.87 bits per heavy atom. The summed E-state index contributed by atoms with van der Waals surface area (Å²) in [5.74, 6) is 0.0328. The summed E-state index contributed by atoms with van der Waals surface area (Å²) in [7, 11) is 0. The van der Waals surface area contributed by atoms with Gasteiger partial charge in [0.1, 0.15) is 5.37 Å². The van der Waals surface area contributed by atoms with Crippen molar-refractivity contribution >= 4 is 17.7 Å². The highest BCUT2D eigenvalue weighted by Gasteiger charge is 2.38. The van der Waals surface area contributed by atoms with Gasteiger partial charge in [-0.1, -0.05) is 26.0 Å². The number of halogens is 3. The molecule has 1 aromatic rings. The van der Waals surface area contributed by atoms with E-state index in [-0.39, 0.29) is 16.5 Å². The zero-order chi connectivity index (χ0) is 17.2. The van der Waals surface area contributed by atoms with Crippen LogP contribution in [0.1, 0.15) is 37.3 Å². The van der Waals surface area contributed by atoms with Crippen LogP contribution in [0.4, 0.5) is 13.2 Å². The molecule has 0 aromatic heterocycles. The number of nitrogens with zero attached hydrogens (tertiary/aromatic N) is 1. The molecule has 2 atom stereocenters. The van der Waals surface area contributed by atoms with E-state index in [9.17, 15) is 18.0 Å². The fourth-order valence-corrected chi connectivity index (χ4v) is 3.78. The first-order valence-electron chi connectivity index (χ1n) is 7.56. The van der Waals surface area contributed by atoms with Crippen molar-refractivity contribution in [3.63, 3.8) is 0 Å². The molecule has 1 aromatic carbocycles. The lowest BCUT2D eigenvalue weighted by molar-refractivity contribution is -0.137. The van der Waals surface area contributed by atoms with Crippen LogP contribution in [0.25, 0.3) is 0 Å². The van der Waals surface area contributed by atoms with Crippen molar-refractivity contribution in [3.8, 4) is 0 Å². The molecule has 23 heavy (non-hydrogen) atoms. The third kappa shape index (κ3) is 4.41. The van der Waals surface area contributed by atoms with Crippen molar-refractivity contribution in [3.05, 3.63) is 35.4 Å². The van der Waals surface area contributed by atoms with E-state index in [1.807, 2.05) is 20.8 Å². The average Bonchev–Trinajstić information content (AvgIpc) is 2.74. The largest absolute Gasteiger partial charge is 0.416 e. The molecule has 0 unspecified atom stereocenters. The fourth-order valence-electron chi connectivity index (χ4n) is 2.47. The topological polar surface area (TPSA) is 32.3 Å². The molecule has 0 spiro atoms. The summed E-state index contributed by atoms with van der Waals surface area (Å²) in [4.78, 5) is 14.0. The van der Waals surface area contributed by atoms with Gasteiger partial charge in [-0.05, 0) is 24.6 Å². The molecule has 0 aliphatic carbocycles. The van der Waals surface area contributed by atoms with Gasteiger partial charge in [0, 0.05) is 19.1 Å². The number of rotatable bonds is 5. The third-order valence-electron chi connectivity index (χ3n) is 3.68. The van der Waals surface area contributed by atoms with Gasteiger partial charge in [0.05, 0.1) is 10.8 Å². The second-order valence-corrected chi connectivity index (χ2v) is 7.32. The first-order valence-corrected chi connectivity index (χ1v) is 8.51. The zero-order valence-electron chi connectivity index (χ0n) is 13.4. The predicted octanol–water partition coefficient (Wildman–Crippen LogP) is 3.67. The van der Waals surface area contributed by atoms with Gasteiger partial charge in [0.25, 0.3) is 0 Å². The number of amides is 1. The SMILES string of the molecule is CC(C)NCCN1C(=O)[C@H](C)S[C@@H]1c1ccc(C(F)(F)F)cc1. The Morgan fingerprint density at radius 1 is 1.26 bits per heavy atom. The molecule has 1 heterocycles. The van der Waals surface area contributed by atoms with Crippen LogP contribution < -0.4 is 5.32 Å². The van der Waals surface area contributed by atoms with Gasteiger partial charge in [-0.25, -0.2) is 0 Å². The first-order chi connectivity index (χ1) is 10.7. The van der Waals surface area contributed by atoms with Crippen molar-refractivity contribution in [2.45, 2.75) is 43.6 Å². The molecule has 1 amide bonds. The molecule has 0 saturated carbocycles. The molecular weight excluding hydrogens is 325 g/mol. The van der Waals surface area contributed by atoms with Crippen molar-refractivity contribution in [1.82, 2.24) is 10.2 Å². The number of nitrogens with one attached hydrogen (secondary N) is 1. The number of alkyl halides is 3. The Morgan fingerprint density at radius 3 is 2.39 bits per heavy atom. The first kappa shape index (κ1) is 18.1. The summed E-state index contributed by atoms with van der Waals surface area (Å²) in [6, 6.07) is 5.41. The van der Waals surface area contributed by atoms with Gasteiger partial charge in [-0.15, -0.1) is 11.8 Å². The summed E-state index contributed by atoms with van der Waals surface area (Å²) in [6.45, 7) is 7.08. The lowest BCUT2D eigenvalue weighted by atomic mass is 10.1. The van der Waals surface area contributed by atoms with Crippen molar-refractivity contribution in [2.24, 2.45) is 0 Å². The summed E-state index contributed by atoms with van der Waals surface area (Å²) in [5, 5.41) is 2.85. The monoisotopic (exact) mass is 346 g/mol. The van der Waals surface area contributed by atoms with Crippen LogP contribution in [0.2, 0.25) is 0 Å². The fraction of sp³-hybridized carbons (Fsp3) is 0.562. The number of benzene rings is 1. The van der Waals surface area contributed by atoms with Crippen molar-refractivity contribution in [2.75, 3.05) is 13.1 Å². The highest BCUT2D eigenvalue weighted by atomic mass is 32.2. The number of carbonyl (C=O) groups is 1. The molecule has 0 radical (unpaired) electrons. The molecule has 1 N–H and O–H groups in total. The quantitative estimate of drug-likeness (QED) is 0.883. The van der Waals surface area contributed by atoms with Crippen molar-refractivity contribution < 1.29 is 18.0 Å². The van der Waals surface area contributed by atoms with Gasteiger partial charge < -0.3 is 10.2 Å².